The molecule has 0 aliphatic carbocycles. The minimum absolute atomic E-state index is 0.228. The van der Waals surface area contributed by atoms with E-state index in [1.807, 2.05) is 29.2 Å². The zero-order valence-electron chi connectivity index (χ0n) is 11.8. The number of carbonyl (C=O) groups excluding carboxylic acids is 1. The van der Waals surface area contributed by atoms with Crippen LogP contribution in [0.4, 0.5) is 0 Å². The molecule has 1 amide bonds. The zero-order valence-corrected chi connectivity index (χ0v) is 11.8. The molecule has 0 bridgehead atoms. The summed E-state index contributed by atoms with van der Waals surface area (Å²) in [5, 5.41) is 0. The molecule has 2 nitrogen and oxygen atoms in total. The highest BCUT2D eigenvalue weighted by Gasteiger charge is 2.25. The second-order valence-corrected chi connectivity index (χ2v) is 5.51. The molecule has 0 aromatic heterocycles. The molecule has 2 heteroatoms. The summed E-state index contributed by atoms with van der Waals surface area (Å²) in [5.74, 6) is 0.228. The van der Waals surface area contributed by atoms with Gasteiger partial charge in [0.1, 0.15) is 0 Å². The molecule has 0 spiro atoms. The Labute approximate surface area is 120 Å². The fraction of sp³-hybridized carbons (Fsp3) is 0.278. The van der Waals surface area contributed by atoms with E-state index in [0.29, 0.717) is 13.0 Å². The minimum Gasteiger partial charge on any atom is -0.335 e. The van der Waals surface area contributed by atoms with Gasteiger partial charge < -0.3 is 4.90 Å². The van der Waals surface area contributed by atoms with Crippen molar-refractivity contribution < 1.29 is 4.79 Å². The van der Waals surface area contributed by atoms with Gasteiger partial charge in [-0.15, -0.1) is 0 Å². The van der Waals surface area contributed by atoms with Crippen molar-refractivity contribution >= 4 is 5.91 Å². The normalized spacial score (nSPS) is 18.6. The van der Waals surface area contributed by atoms with Gasteiger partial charge in [0, 0.05) is 12.6 Å². The van der Waals surface area contributed by atoms with Gasteiger partial charge in [-0.25, -0.2) is 0 Å². The van der Waals surface area contributed by atoms with E-state index in [4.69, 9.17) is 0 Å². The molecule has 1 atom stereocenters. The third kappa shape index (κ3) is 2.60. The molecule has 2 aromatic rings. The lowest BCUT2D eigenvalue weighted by atomic mass is 10.0. The molecule has 1 heterocycles. The average molecular weight is 265 g/mol. The van der Waals surface area contributed by atoms with Crippen LogP contribution in [0.25, 0.3) is 0 Å². The summed E-state index contributed by atoms with van der Waals surface area (Å²) in [7, 11) is 0. The molecule has 0 saturated heterocycles. The first-order chi connectivity index (χ1) is 9.74. The molecular formula is C18H19NO. The number of hydrogen-bond donors (Lipinski definition) is 0. The summed E-state index contributed by atoms with van der Waals surface area (Å²) in [6.07, 6.45) is 1.46. The molecule has 20 heavy (non-hydrogen) atoms. The predicted molar refractivity (Wildman–Crippen MR) is 80.3 cm³/mol. The number of nitrogens with zero attached hydrogens (tertiary/aromatic N) is 1. The Bertz CT molecular complexity index is 606. The Morgan fingerprint density at radius 3 is 2.40 bits per heavy atom. The highest BCUT2D eigenvalue weighted by Crippen LogP contribution is 2.22. The van der Waals surface area contributed by atoms with Gasteiger partial charge in [0.05, 0.1) is 6.42 Å². The summed E-state index contributed by atoms with van der Waals surface area (Å²) in [5.41, 5.74) is 3.68. The van der Waals surface area contributed by atoms with Crippen LogP contribution < -0.4 is 0 Å². The summed E-state index contributed by atoms with van der Waals surface area (Å²) in [4.78, 5) is 14.5. The van der Waals surface area contributed by atoms with Gasteiger partial charge in [0.15, 0.2) is 0 Å². The maximum absolute atomic E-state index is 12.5. The number of fused-ring (bicyclic) bond motifs is 1. The SMILES string of the molecule is CC1Cc2ccccc2CC(=O)N1Cc1ccccc1. The quantitative estimate of drug-likeness (QED) is 0.816. The lowest BCUT2D eigenvalue weighted by Gasteiger charge is -2.27. The first-order valence-corrected chi connectivity index (χ1v) is 7.14. The van der Waals surface area contributed by atoms with Crippen molar-refractivity contribution in [3.8, 4) is 0 Å². The van der Waals surface area contributed by atoms with Crippen molar-refractivity contribution in [2.45, 2.75) is 32.4 Å². The summed E-state index contributed by atoms with van der Waals surface area (Å²) >= 11 is 0. The zero-order chi connectivity index (χ0) is 13.9. The molecule has 2 aromatic carbocycles. The van der Waals surface area contributed by atoms with Crippen LogP contribution in [0.15, 0.2) is 54.6 Å². The third-order valence-electron chi connectivity index (χ3n) is 4.02. The van der Waals surface area contributed by atoms with E-state index in [-0.39, 0.29) is 11.9 Å². The van der Waals surface area contributed by atoms with Crippen LogP contribution in [0.5, 0.6) is 0 Å². The smallest absolute Gasteiger partial charge is 0.227 e. The number of benzene rings is 2. The first-order valence-electron chi connectivity index (χ1n) is 7.14. The number of amides is 1. The highest BCUT2D eigenvalue weighted by molar-refractivity contribution is 5.80. The van der Waals surface area contributed by atoms with Crippen molar-refractivity contribution in [1.82, 2.24) is 4.90 Å². The lowest BCUT2D eigenvalue weighted by molar-refractivity contribution is -0.132. The average Bonchev–Trinajstić information content (AvgIpc) is 2.58. The Hall–Kier alpha value is -2.09. The summed E-state index contributed by atoms with van der Waals surface area (Å²) < 4.78 is 0. The number of hydrogen-bond acceptors (Lipinski definition) is 1. The maximum Gasteiger partial charge on any atom is 0.227 e. The van der Waals surface area contributed by atoms with Crippen molar-refractivity contribution in [2.75, 3.05) is 0 Å². The van der Waals surface area contributed by atoms with E-state index in [2.05, 4.69) is 37.3 Å². The molecule has 102 valence electrons. The number of rotatable bonds is 2. The monoisotopic (exact) mass is 265 g/mol. The highest BCUT2D eigenvalue weighted by atomic mass is 16.2. The van der Waals surface area contributed by atoms with Gasteiger partial charge in [-0.05, 0) is 30.0 Å². The van der Waals surface area contributed by atoms with E-state index in [0.717, 1.165) is 6.42 Å². The standard InChI is InChI=1S/C18H19NO/c1-14-11-16-9-5-6-10-17(16)12-18(20)19(14)13-15-7-3-2-4-8-15/h2-10,14H,11-13H2,1H3. The van der Waals surface area contributed by atoms with Crippen LogP contribution in [-0.4, -0.2) is 16.8 Å². The topological polar surface area (TPSA) is 20.3 Å². The Balaban J connectivity index is 1.85. The van der Waals surface area contributed by atoms with E-state index in [1.165, 1.54) is 16.7 Å². The van der Waals surface area contributed by atoms with Crippen molar-refractivity contribution in [2.24, 2.45) is 0 Å². The van der Waals surface area contributed by atoms with Crippen LogP contribution in [0.3, 0.4) is 0 Å². The van der Waals surface area contributed by atoms with Gasteiger partial charge in [-0.2, -0.15) is 0 Å². The molecule has 0 saturated carbocycles. The molecular weight excluding hydrogens is 246 g/mol. The van der Waals surface area contributed by atoms with Crippen molar-refractivity contribution in [3.05, 3.63) is 71.3 Å². The van der Waals surface area contributed by atoms with Gasteiger partial charge in [-0.1, -0.05) is 54.6 Å². The molecule has 1 unspecified atom stereocenters. The maximum atomic E-state index is 12.5. The third-order valence-corrected chi connectivity index (χ3v) is 4.02. The lowest BCUT2D eigenvalue weighted by Crippen LogP contribution is -2.38. The van der Waals surface area contributed by atoms with Crippen LogP contribution in [0, 0.1) is 0 Å². The fourth-order valence-electron chi connectivity index (χ4n) is 2.89. The van der Waals surface area contributed by atoms with Crippen molar-refractivity contribution in [1.29, 1.82) is 0 Å². The van der Waals surface area contributed by atoms with E-state index in [1.54, 1.807) is 0 Å². The molecule has 1 aliphatic heterocycles. The molecule has 0 radical (unpaired) electrons. The Morgan fingerprint density at radius 1 is 1.00 bits per heavy atom. The number of carbonyl (C=O) groups is 1. The van der Waals surface area contributed by atoms with Gasteiger partial charge >= 0.3 is 0 Å². The Morgan fingerprint density at radius 2 is 1.65 bits per heavy atom. The first kappa shape index (κ1) is 12.9. The molecule has 3 rings (SSSR count). The van der Waals surface area contributed by atoms with Crippen LogP contribution in [0.1, 0.15) is 23.6 Å². The van der Waals surface area contributed by atoms with Crippen LogP contribution in [-0.2, 0) is 24.2 Å². The molecule has 1 aliphatic rings. The van der Waals surface area contributed by atoms with Crippen LogP contribution in [0.2, 0.25) is 0 Å². The molecule has 0 N–H and O–H groups in total. The van der Waals surface area contributed by atoms with Gasteiger partial charge in [0.2, 0.25) is 5.91 Å². The molecule has 0 fully saturated rings. The largest absolute Gasteiger partial charge is 0.335 e. The van der Waals surface area contributed by atoms with E-state index >= 15 is 0 Å². The summed E-state index contributed by atoms with van der Waals surface area (Å²) in [6, 6.07) is 18.8. The van der Waals surface area contributed by atoms with E-state index in [9.17, 15) is 4.79 Å². The predicted octanol–water partition coefficient (Wildman–Crippen LogP) is 3.20. The van der Waals surface area contributed by atoms with Gasteiger partial charge in [0.25, 0.3) is 0 Å². The van der Waals surface area contributed by atoms with Crippen LogP contribution >= 0.6 is 0 Å². The van der Waals surface area contributed by atoms with Crippen molar-refractivity contribution in [3.63, 3.8) is 0 Å². The Kier molecular flexibility index (Phi) is 3.55. The fourth-order valence-corrected chi connectivity index (χ4v) is 2.89. The summed E-state index contributed by atoms with van der Waals surface area (Å²) in [6.45, 7) is 2.85. The second-order valence-electron chi connectivity index (χ2n) is 5.51. The van der Waals surface area contributed by atoms with E-state index < -0.39 is 0 Å². The van der Waals surface area contributed by atoms with Gasteiger partial charge in [-0.3, -0.25) is 4.79 Å². The second kappa shape index (κ2) is 5.49. The minimum atomic E-state index is 0.228.